The first kappa shape index (κ1) is 10.1. The lowest BCUT2D eigenvalue weighted by Gasteiger charge is -2.01. The molecule has 0 saturated heterocycles. The number of carbonyl (C=O) groups is 1. The maximum absolute atomic E-state index is 10.2. The lowest BCUT2D eigenvalue weighted by Crippen LogP contribution is -2.19. The van der Waals surface area contributed by atoms with Crippen molar-refractivity contribution in [2.75, 3.05) is 0 Å². The van der Waals surface area contributed by atoms with Gasteiger partial charge in [-0.15, -0.1) is 0 Å². The molecule has 1 amide bonds. The van der Waals surface area contributed by atoms with E-state index >= 15 is 0 Å². The molecule has 2 N–H and O–H groups in total. The van der Waals surface area contributed by atoms with Gasteiger partial charge in [0.25, 0.3) is 0 Å². The zero-order valence-electron chi connectivity index (χ0n) is 6.96. The SMILES string of the molecule is O=C(O)NCc1ccc(CBr)cc1. The molecule has 70 valence electrons. The van der Waals surface area contributed by atoms with Gasteiger partial charge in [-0.25, -0.2) is 4.79 Å². The van der Waals surface area contributed by atoms with Crippen LogP contribution in [0.5, 0.6) is 0 Å². The molecule has 0 radical (unpaired) electrons. The minimum Gasteiger partial charge on any atom is -0.465 e. The third-order valence-electron chi connectivity index (χ3n) is 1.62. The summed E-state index contributed by atoms with van der Waals surface area (Å²) in [7, 11) is 0. The van der Waals surface area contributed by atoms with Crippen LogP contribution in [0.4, 0.5) is 4.79 Å². The fourth-order valence-electron chi connectivity index (χ4n) is 0.924. The Morgan fingerprint density at radius 1 is 1.31 bits per heavy atom. The van der Waals surface area contributed by atoms with Crippen LogP contribution in [-0.2, 0) is 11.9 Å². The second-order valence-electron chi connectivity index (χ2n) is 2.61. The summed E-state index contributed by atoms with van der Waals surface area (Å²) >= 11 is 3.33. The van der Waals surface area contributed by atoms with E-state index in [1.54, 1.807) is 0 Å². The van der Waals surface area contributed by atoms with E-state index in [-0.39, 0.29) is 0 Å². The van der Waals surface area contributed by atoms with Gasteiger partial charge < -0.3 is 10.4 Å². The highest BCUT2D eigenvalue weighted by Gasteiger charge is 1.96. The summed E-state index contributed by atoms with van der Waals surface area (Å²) in [5, 5.41) is 11.5. The molecule has 13 heavy (non-hydrogen) atoms. The first-order valence-corrected chi connectivity index (χ1v) is 4.95. The fraction of sp³-hybridized carbons (Fsp3) is 0.222. The molecule has 0 saturated carbocycles. The van der Waals surface area contributed by atoms with Gasteiger partial charge in [-0.05, 0) is 11.1 Å². The molecule has 0 unspecified atom stereocenters. The molecule has 1 aromatic rings. The predicted octanol–water partition coefficient (Wildman–Crippen LogP) is 2.35. The molecule has 0 aromatic heterocycles. The van der Waals surface area contributed by atoms with Crippen LogP contribution in [0.3, 0.4) is 0 Å². The number of halogens is 1. The maximum atomic E-state index is 10.2. The smallest absolute Gasteiger partial charge is 0.404 e. The summed E-state index contributed by atoms with van der Waals surface area (Å²) in [6.45, 7) is 0.359. The van der Waals surface area contributed by atoms with Gasteiger partial charge in [-0.2, -0.15) is 0 Å². The Labute approximate surface area is 84.9 Å². The van der Waals surface area contributed by atoms with Gasteiger partial charge in [0.2, 0.25) is 0 Å². The highest BCUT2D eigenvalue weighted by atomic mass is 79.9. The van der Waals surface area contributed by atoms with Crippen LogP contribution in [0.25, 0.3) is 0 Å². The van der Waals surface area contributed by atoms with Crippen molar-refractivity contribution in [3.05, 3.63) is 35.4 Å². The van der Waals surface area contributed by atoms with Gasteiger partial charge in [0.15, 0.2) is 0 Å². The highest BCUT2D eigenvalue weighted by molar-refractivity contribution is 9.08. The van der Waals surface area contributed by atoms with Crippen LogP contribution in [0.1, 0.15) is 11.1 Å². The second-order valence-corrected chi connectivity index (χ2v) is 3.17. The molecule has 0 aliphatic rings. The van der Waals surface area contributed by atoms with Crippen LogP contribution in [0.2, 0.25) is 0 Å². The van der Waals surface area contributed by atoms with Crippen molar-refractivity contribution < 1.29 is 9.90 Å². The molecule has 0 fully saturated rings. The molecular formula is C9H10BrNO2. The van der Waals surface area contributed by atoms with Crippen LogP contribution in [0.15, 0.2) is 24.3 Å². The van der Waals surface area contributed by atoms with Gasteiger partial charge in [0.05, 0.1) is 0 Å². The minimum atomic E-state index is -0.996. The van der Waals surface area contributed by atoms with Crippen LogP contribution in [0, 0.1) is 0 Å². The van der Waals surface area contributed by atoms with Crippen molar-refractivity contribution >= 4 is 22.0 Å². The normalized spacial score (nSPS) is 9.62. The molecule has 0 atom stereocenters. The summed E-state index contributed by atoms with van der Waals surface area (Å²) in [6, 6.07) is 7.75. The maximum Gasteiger partial charge on any atom is 0.404 e. The quantitative estimate of drug-likeness (QED) is 0.802. The largest absolute Gasteiger partial charge is 0.465 e. The average Bonchev–Trinajstić information content (AvgIpc) is 2.15. The Bertz CT molecular complexity index is 284. The zero-order valence-corrected chi connectivity index (χ0v) is 8.54. The van der Waals surface area contributed by atoms with E-state index in [0.717, 1.165) is 10.9 Å². The number of alkyl halides is 1. The molecule has 4 heteroatoms. The molecule has 0 aliphatic carbocycles. The molecule has 0 heterocycles. The first-order chi connectivity index (χ1) is 6.22. The summed E-state index contributed by atoms with van der Waals surface area (Å²) < 4.78 is 0. The Morgan fingerprint density at radius 2 is 1.85 bits per heavy atom. The molecule has 1 aromatic carbocycles. The number of amides is 1. The number of nitrogens with one attached hydrogen (secondary N) is 1. The van der Waals surface area contributed by atoms with Crippen molar-refractivity contribution in [2.45, 2.75) is 11.9 Å². The third-order valence-corrected chi connectivity index (χ3v) is 2.27. The first-order valence-electron chi connectivity index (χ1n) is 3.83. The van der Waals surface area contributed by atoms with Gasteiger partial charge in [-0.3, -0.25) is 0 Å². The molecule has 1 rings (SSSR count). The molecule has 0 bridgehead atoms. The standard InChI is InChI=1S/C9H10BrNO2/c10-5-7-1-3-8(4-2-7)6-11-9(12)13/h1-4,11H,5-6H2,(H,12,13). The van der Waals surface area contributed by atoms with E-state index in [1.165, 1.54) is 5.56 Å². The van der Waals surface area contributed by atoms with Crippen molar-refractivity contribution in [3.8, 4) is 0 Å². The van der Waals surface area contributed by atoms with Crippen molar-refractivity contribution in [2.24, 2.45) is 0 Å². The Morgan fingerprint density at radius 3 is 2.31 bits per heavy atom. The van der Waals surface area contributed by atoms with E-state index in [9.17, 15) is 4.79 Å². The van der Waals surface area contributed by atoms with E-state index in [1.807, 2.05) is 24.3 Å². The Hall–Kier alpha value is -1.03. The molecule has 3 nitrogen and oxygen atoms in total. The topological polar surface area (TPSA) is 49.3 Å². The van der Waals surface area contributed by atoms with Crippen molar-refractivity contribution in [1.29, 1.82) is 0 Å². The monoisotopic (exact) mass is 243 g/mol. The van der Waals surface area contributed by atoms with E-state index in [0.29, 0.717) is 6.54 Å². The van der Waals surface area contributed by atoms with E-state index in [4.69, 9.17) is 5.11 Å². The molecule has 0 spiro atoms. The van der Waals surface area contributed by atoms with Crippen molar-refractivity contribution in [3.63, 3.8) is 0 Å². The lowest BCUT2D eigenvalue weighted by molar-refractivity contribution is 0.194. The Balaban J connectivity index is 2.54. The third kappa shape index (κ3) is 3.46. The van der Waals surface area contributed by atoms with Crippen LogP contribution < -0.4 is 5.32 Å². The second kappa shape index (κ2) is 4.87. The zero-order chi connectivity index (χ0) is 9.68. The lowest BCUT2D eigenvalue weighted by atomic mass is 10.1. The van der Waals surface area contributed by atoms with Gasteiger partial charge in [0, 0.05) is 11.9 Å². The number of carboxylic acid groups (broad SMARTS) is 1. The fourth-order valence-corrected chi connectivity index (χ4v) is 1.30. The number of benzene rings is 1. The van der Waals surface area contributed by atoms with Gasteiger partial charge in [0.1, 0.15) is 0 Å². The average molecular weight is 244 g/mol. The van der Waals surface area contributed by atoms with Gasteiger partial charge in [-0.1, -0.05) is 40.2 Å². The molecular weight excluding hydrogens is 234 g/mol. The van der Waals surface area contributed by atoms with Crippen LogP contribution >= 0.6 is 15.9 Å². The van der Waals surface area contributed by atoms with Crippen molar-refractivity contribution in [1.82, 2.24) is 5.32 Å². The number of rotatable bonds is 3. The van der Waals surface area contributed by atoms with E-state index < -0.39 is 6.09 Å². The van der Waals surface area contributed by atoms with E-state index in [2.05, 4.69) is 21.2 Å². The van der Waals surface area contributed by atoms with Crippen LogP contribution in [-0.4, -0.2) is 11.2 Å². The summed E-state index contributed by atoms with van der Waals surface area (Å²) in [6.07, 6.45) is -0.996. The highest BCUT2D eigenvalue weighted by Crippen LogP contribution is 2.07. The minimum absolute atomic E-state index is 0.359. The summed E-state index contributed by atoms with van der Waals surface area (Å²) in [5.41, 5.74) is 2.14. The molecule has 0 aliphatic heterocycles. The summed E-state index contributed by atoms with van der Waals surface area (Å²) in [4.78, 5) is 10.2. The summed E-state index contributed by atoms with van der Waals surface area (Å²) in [5.74, 6) is 0. The number of hydrogen-bond acceptors (Lipinski definition) is 1. The predicted molar refractivity (Wildman–Crippen MR) is 53.9 cm³/mol. The number of hydrogen-bond donors (Lipinski definition) is 2. The Kier molecular flexibility index (Phi) is 3.76. The van der Waals surface area contributed by atoms with Gasteiger partial charge >= 0.3 is 6.09 Å².